The van der Waals surface area contributed by atoms with Crippen LogP contribution in [0.3, 0.4) is 0 Å². The second kappa shape index (κ2) is 6.01. The predicted molar refractivity (Wildman–Crippen MR) is 70.5 cm³/mol. The third-order valence-electron chi connectivity index (χ3n) is 3.23. The van der Waals surface area contributed by atoms with Gasteiger partial charge in [-0.05, 0) is 12.0 Å². The van der Waals surface area contributed by atoms with Crippen molar-refractivity contribution in [1.29, 1.82) is 0 Å². The molecule has 4 heteroatoms. The van der Waals surface area contributed by atoms with E-state index >= 15 is 0 Å². The van der Waals surface area contributed by atoms with Crippen LogP contribution in [0.4, 0.5) is 0 Å². The van der Waals surface area contributed by atoms with Crippen molar-refractivity contribution in [2.75, 3.05) is 12.4 Å². The van der Waals surface area contributed by atoms with E-state index in [0.29, 0.717) is 31.7 Å². The largest absolute Gasteiger partial charge is 0.283 e. The van der Waals surface area contributed by atoms with Gasteiger partial charge < -0.3 is 0 Å². The third-order valence-corrected chi connectivity index (χ3v) is 3.50. The first-order valence-corrected chi connectivity index (χ1v) is 6.70. The minimum atomic E-state index is -0.0785. The minimum Gasteiger partial charge on any atom is -0.283 e. The Morgan fingerprint density at radius 1 is 1.11 bits per heavy atom. The fraction of sp³-hybridized carbons (Fsp3) is 0.429. The second-order valence-corrected chi connectivity index (χ2v) is 4.88. The van der Waals surface area contributed by atoms with Crippen molar-refractivity contribution in [1.82, 2.24) is 4.90 Å². The molecule has 18 heavy (non-hydrogen) atoms. The summed E-state index contributed by atoms with van der Waals surface area (Å²) in [6.45, 7) is 0.447. The number of hydrogen-bond donors (Lipinski definition) is 0. The molecule has 0 spiro atoms. The number of imide groups is 1. The normalized spacial score (nSPS) is 17.3. The first kappa shape index (κ1) is 13.1. The molecule has 0 aliphatic carbocycles. The van der Waals surface area contributed by atoms with Gasteiger partial charge in [-0.3, -0.25) is 14.5 Å². The summed E-state index contributed by atoms with van der Waals surface area (Å²) in [5, 5.41) is 0. The molecule has 0 saturated carbocycles. The van der Waals surface area contributed by atoms with Gasteiger partial charge in [-0.25, -0.2) is 0 Å². The molecule has 96 valence electrons. The summed E-state index contributed by atoms with van der Waals surface area (Å²) in [6, 6.07) is 9.75. The summed E-state index contributed by atoms with van der Waals surface area (Å²) >= 11 is 5.59. The van der Waals surface area contributed by atoms with Gasteiger partial charge in [-0.15, -0.1) is 11.6 Å². The number of amides is 2. The highest BCUT2D eigenvalue weighted by atomic mass is 35.5. The number of nitrogens with zero attached hydrogens (tertiary/aromatic N) is 1. The zero-order valence-electron chi connectivity index (χ0n) is 10.1. The van der Waals surface area contributed by atoms with Crippen molar-refractivity contribution in [2.45, 2.75) is 25.2 Å². The van der Waals surface area contributed by atoms with Crippen LogP contribution in [0.1, 0.15) is 30.7 Å². The van der Waals surface area contributed by atoms with Crippen molar-refractivity contribution in [3.8, 4) is 0 Å². The SMILES string of the molecule is O=C1CC(c2ccccc2)CC(=O)N1CCCCl. The minimum absolute atomic E-state index is 0.0263. The van der Waals surface area contributed by atoms with E-state index in [9.17, 15) is 9.59 Å². The number of hydrogen-bond acceptors (Lipinski definition) is 2. The lowest BCUT2D eigenvalue weighted by Crippen LogP contribution is -2.43. The van der Waals surface area contributed by atoms with Crippen molar-refractivity contribution in [2.24, 2.45) is 0 Å². The molecule has 1 aliphatic rings. The summed E-state index contributed by atoms with van der Waals surface area (Å²) in [5.41, 5.74) is 1.07. The molecule has 3 nitrogen and oxygen atoms in total. The topological polar surface area (TPSA) is 37.4 Å². The Kier molecular flexibility index (Phi) is 4.37. The lowest BCUT2D eigenvalue weighted by molar-refractivity contribution is -0.148. The van der Waals surface area contributed by atoms with Crippen molar-refractivity contribution in [3.05, 3.63) is 35.9 Å². The fourth-order valence-corrected chi connectivity index (χ4v) is 2.40. The van der Waals surface area contributed by atoms with Crippen molar-refractivity contribution in [3.63, 3.8) is 0 Å². The van der Waals surface area contributed by atoms with Crippen LogP contribution in [0.25, 0.3) is 0 Å². The molecule has 0 aromatic heterocycles. The van der Waals surface area contributed by atoms with Crippen LogP contribution < -0.4 is 0 Å². The zero-order valence-corrected chi connectivity index (χ0v) is 10.9. The molecule has 1 aromatic rings. The molecule has 0 radical (unpaired) electrons. The number of likely N-dealkylation sites (tertiary alicyclic amines) is 1. The molecule has 1 fully saturated rings. The Morgan fingerprint density at radius 2 is 1.72 bits per heavy atom. The van der Waals surface area contributed by atoms with Crippen LogP contribution in [0.15, 0.2) is 30.3 Å². The van der Waals surface area contributed by atoms with Crippen LogP contribution in [-0.4, -0.2) is 29.1 Å². The van der Waals surface area contributed by atoms with Gasteiger partial charge in [0.25, 0.3) is 0 Å². The van der Waals surface area contributed by atoms with Gasteiger partial charge >= 0.3 is 0 Å². The molecule has 1 heterocycles. The molecule has 1 aliphatic heterocycles. The molecule has 2 amide bonds. The Labute approximate surface area is 112 Å². The number of alkyl halides is 1. The van der Waals surface area contributed by atoms with Gasteiger partial charge in [-0.1, -0.05) is 30.3 Å². The van der Waals surface area contributed by atoms with E-state index in [-0.39, 0.29) is 17.7 Å². The van der Waals surface area contributed by atoms with Gasteiger partial charge in [0.2, 0.25) is 11.8 Å². The maximum Gasteiger partial charge on any atom is 0.229 e. The molecular weight excluding hydrogens is 250 g/mol. The average molecular weight is 266 g/mol. The number of carbonyl (C=O) groups excluding carboxylic acids is 2. The second-order valence-electron chi connectivity index (χ2n) is 4.50. The summed E-state index contributed by atoms with van der Waals surface area (Å²) in [5.74, 6) is 0.341. The van der Waals surface area contributed by atoms with E-state index in [1.807, 2.05) is 30.3 Å². The van der Waals surface area contributed by atoms with Gasteiger partial charge in [0, 0.05) is 31.2 Å². The van der Waals surface area contributed by atoms with E-state index in [2.05, 4.69) is 0 Å². The summed E-state index contributed by atoms with van der Waals surface area (Å²) in [6.07, 6.45) is 1.49. The maximum atomic E-state index is 12.0. The number of halogens is 1. The highest BCUT2D eigenvalue weighted by molar-refractivity contribution is 6.17. The van der Waals surface area contributed by atoms with E-state index in [4.69, 9.17) is 11.6 Å². The number of rotatable bonds is 4. The van der Waals surface area contributed by atoms with Gasteiger partial charge in [0.1, 0.15) is 0 Å². The summed E-state index contributed by atoms with van der Waals surface area (Å²) < 4.78 is 0. The molecule has 1 saturated heterocycles. The fourth-order valence-electron chi connectivity index (χ4n) is 2.28. The van der Waals surface area contributed by atoms with E-state index in [1.54, 1.807) is 0 Å². The Hall–Kier alpha value is -1.35. The van der Waals surface area contributed by atoms with Crippen LogP contribution in [0.5, 0.6) is 0 Å². The maximum absolute atomic E-state index is 12.0. The smallest absolute Gasteiger partial charge is 0.229 e. The summed E-state index contributed by atoms with van der Waals surface area (Å²) in [4.78, 5) is 25.3. The van der Waals surface area contributed by atoms with Crippen LogP contribution in [0.2, 0.25) is 0 Å². The van der Waals surface area contributed by atoms with Crippen molar-refractivity contribution >= 4 is 23.4 Å². The van der Waals surface area contributed by atoms with E-state index in [1.165, 1.54) is 4.90 Å². The Balaban J connectivity index is 2.05. The highest BCUT2D eigenvalue weighted by Gasteiger charge is 2.32. The average Bonchev–Trinajstić information content (AvgIpc) is 2.39. The van der Waals surface area contributed by atoms with Gasteiger partial charge in [0.15, 0.2) is 0 Å². The van der Waals surface area contributed by atoms with Crippen molar-refractivity contribution < 1.29 is 9.59 Å². The number of piperidine rings is 1. The quantitative estimate of drug-likeness (QED) is 0.620. The van der Waals surface area contributed by atoms with Crippen LogP contribution in [0, 0.1) is 0 Å². The van der Waals surface area contributed by atoms with E-state index in [0.717, 1.165) is 5.56 Å². The first-order chi connectivity index (χ1) is 8.72. The molecule has 0 unspecified atom stereocenters. The Bertz CT molecular complexity index is 415. The highest BCUT2D eigenvalue weighted by Crippen LogP contribution is 2.29. The molecule has 0 bridgehead atoms. The monoisotopic (exact) mass is 265 g/mol. The molecule has 2 rings (SSSR count). The van der Waals surface area contributed by atoms with E-state index < -0.39 is 0 Å². The van der Waals surface area contributed by atoms with Gasteiger partial charge in [0.05, 0.1) is 0 Å². The number of benzene rings is 1. The first-order valence-electron chi connectivity index (χ1n) is 6.16. The molecular formula is C14H16ClNO2. The lowest BCUT2D eigenvalue weighted by atomic mass is 9.88. The molecule has 0 N–H and O–H groups in total. The summed E-state index contributed by atoms with van der Waals surface area (Å²) in [7, 11) is 0. The molecule has 1 aromatic carbocycles. The zero-order chi connectivity index (χ0) is 13.0. The van der Waals surface area contributed by atoms with Crippen LogP contribution in [-0.2, 0) is 9.59 Å². The predicted octanol–water partition coefficient (Wildman–Crippen LogP) is 2.55. The standard InChI is InChI=1S/C14H16ClNO2/c15-7-4-8-16-13(17)9-12(10-14(16)18)11-5-2-1-3-6-11/h1-3,5-6,12H,4,7-10H2. The third kappa shape index (κ3) is 2.91. The molecule has 0 atom stereocenters. The lowest BCUT2D eigenvalue weighted by Gasteiger charge is -2.30. The number of carbonyl (C=O) groups is 2. The van der Waals surface area contributed by atoms with Gasteiger partial charge in [-0.2, -0.15) is 0 Å². The van der Waals surface area contributed by atoms with Crippen LogP contribution >= 0.6 is 11.6 Å². The Morgan fingerprint density at radius 3 is 2.28 bits per heavy atom.